The predicted octanol–water partition coefficient (Wildman–Crippen LogP) is 8.26. The molecular formula is C28H53NO3S. The van der Waals surface area contributed by atoms with Crippen molar-refractivity contribution in [2.24, 2.45) is 0 Å². The average Bonchev–Trinajstić information content (AvgIpc) is 3.51. The molecule has 2 unspecified atom stereocenters. The zero-order valence-electron chi connectivity index (χ0n) is 21.7. The maximum atomic E-state index is 6.00. The highest BCUT2D eigenvalue weighted by atomic mass is 32.2. The molecule has 5 heteroatoms. The van der Waals surface area contributed by atoms with Gasteiger partial charge in [0.05, 0.1) is 19.1 Å². The van der Waals surface area contributed by atoms with Crippen LogP contribution in [0.25, 0.3) is 0 Å². The second-order valence-corrected chi connectivity index (χ2v) is 10.8. The first kappa shape index (κ1) is 29.0. The molecule has 2 aliphatic heterocycles. The molecule has 2 heterocycles. The lowest BCUT2D eigenvalue weighted by molar-refractivity contribution is -0.0761. The van der Waals surface area contributed by atoms with E-state index in [1.54, 1.807) is 0 Å². The molecule has 2 rings (SSSR count). The SMILES string of the molecule is CCCCCCCCCCCCCCCCCC1OCC(COCCCCN2C=CSC2)O1. The highest BCUT2D eigenvalue weighted by Crippen LogP contribution is 2.19. The Hall–Kier alpha value is -0.230. The number of ether oxygens (including phenoxy) is 3. The van der Waals surface area contributed by atoms with Crippen LogP contribution in [0.5, 0.6) is 0 Å². The molecule has 0 saturated carbocycles. The number of unbranched alkanes of at least 4 members (excludes halogenated alkanes) is 15. The minimum Gasteiger partial charge on any atom is -0.379 e. The minimum atomic E-state index is 0.0000244. The van der Waals surface area contributed by atoms with Gasteiger partial charge in [-0.15, -0.1) is 11.8 Å². The van der Waals surface area contributed by atoms with Gasteiger partial charge in [-0.25, -0.2) is 0 Å². The van der Waals surface area contributed by atoms with E-state index in [0.29, 0.717) is 13.2 Å². The molecule has 33 heavy (non-hydrogen) atoms. The van der Waals surface area contributed by atoms with Gasteiger partial charge in [-0.3, -0.25) is 0 Å². The Morgan fingerprint density at radius 3 is 2.06 bits per heavy atom. The van der Waals surface area contributed by atoms with E-state index in [0.717, 1.165) is 31.9 Å². The van der Waals surface area contributed by atoms with Crippen LogP contribution in [0.1, 0.15) is 122 Å². The zero-order valence-corrected chi connectivity index (χ0v) is 22.5. The number of nitrogens with zero attached hydrogens (tertiary/aromatic N) is 1. The Balaban J connectivity index is 1.26. The summed E-state index contributed by atoms with van der Waals surface area (Å²) in [6.45, 7) is 5.63. The molecule has 4 nitrogen and oxygen atoms in total. The van der Waals surface area contributed by atoms with Crippen molar-refractivity contribution >= 4 is 11.8 Å². The third-order valence-corrected chi connectivity index (χ3v) is 7.55. The van der Waals surface area contributed by atoms with Crippen LogP contribution in [0.2, 0.25) is 0 Å². The molecule has 2 atom stereocenters. The second kappa shape index (κ2) is 21.1. The Kier molecular flexibility index (Phi) is 18.5. The van der Waals surface area contributed by atoms with E-state index in [-0.39, 0.29) is 12.4 Å². The molecule has 0 radical (unpaired) electrons. The van der Waals surface area contributed by atoms with Crippen molar-refractivity contribution in [1.29, 1.82) is 0 Å². The minimum absolute atomic E-state index is 0.0000244. The van der Waals surface area contributed by atoms with Crippen LogP contribution in [0.4, 0.5) is 0 Å². The van der Waals surface area contributed by atoms with Crippen LogP contribution in [0.3, 0.4) is 0 Å². The van der Waals surface area contributed by atoms with Gasteiger partial charge in [-0.2, -0.15) is 0 Å². The predicted molar refractivity (Wildman–Crippen MR) is 143 cm³/mol. The largest absolute Gasteiger partial charge is 0.379 e. The maximum absolute atomic E-state index is 6.00. The van der Waals surface area contributed by atoms with E-state index in [1.165, 1.54) is 103 Å². The van der Waals surface area contributed by atoms with E-state index >= 15 is 0 Å². The number of thioether (sulfide) groups is 1. The normalized spacial score (nSPS) is 20.3. The molecule has 194 valence electrons. The Morgan fingerprint density at radius 2 is 1.45 bits per heavy atom. The van der Waals surface area contributed by atoms with Gasteiger partial charge in [0.15, 0.2) is 6.29 Å². The summed E-state index contributed by atoms with van der Waals surface area (Å²) in [6.07, 6.45) is 26.7. The number of hydrogen-bond donors (Lipinski definition) is 0. The van der Waals surface area contributed by atoms with Crippen molar-refractivity contribution in [3.05, 3.63) is 11.6 Å². The number of hydrogen-bond acceptors (Lipinski definition) is 5. The lowest BCUT2D eigenvalue weighted by Crippen LogP contribution is -2.20. The standard InChI is InChI=1S/C28H53NO3S/c1-2-3-4-5-6-7-8-9-10-11-12-13-14-15-16-19-28-31-25-27(32-28)24-30-22-18-17-20-29-21-23-33-26-29/h21,23,27-28H,2-20,22,24-26H2,1H3. The molecule has 1 saturated heterocycles. The highest BCUT2D eigenvalue weighted by molar-refractivity contribution is 8.02. The average molecular weight is 484 g/mol. The summed E-state index contributed by atoms with van der Waals surface area (Å²) in [5.41, 5.74) is 0. The van der Waals surface area contributed by atoms with Gasteiger partial charge in [0.2, 0.25) is 0 Å². The summed E-state index contributed by atoms with van der Waals surface area (Å²) in [7, 11) is 0. The van der Waals surface area contributed by atoms with E-state index in [1.807, 2.05) is 11.8 Å². The first-order chi connectivity index (χ1) is 16.4. The smallest absolute Gasteiger partial charge is 0.158 e. The van der Waals surface area contributed by atoms with Crippen molar-refractivity contribution < 1.29 is 14.2 Å². The fourth-order valence-corrected chi connectivity index (χ4v) is 5.36. The second-order valence-electron chi connectivity index (χ2n) is 9.93. The van der Waals surface area contributed by atoms with Crippen molar-refractivity contribution in [2.75, 3.05) is 32.2 Å². The Labute approximate surface area is 209 Å². The van der Waals surface area contributed by atoms with Crippen LogP contribution in [0, 0.1) is 0 Å². The van der Waals surface area contributed by atoms with Crippen molar-refractivity contribution in [3.63, 3.8) is 0 Å². The third kappa shape index (κ3) is 16.1. The molecule has 0 aliphatic carbocycles. The highest BCUT2D eigenvalue weighted by Gasteiger charge is 2.25. The molecule has 0 bridgehead atoms. The molecule has 0 N–H and O–H groups in total. The Bertz CT molecular complexity index is 462. The summed E-state index contributed by atoms with van der Waals surface area (Å²) >= 11 is 1.87. The molecular weight excluding hydrogens is 430 g/mol. The van der Waals surface area contributed by atoms with Crippen LogP contribution < -0.4 is 0 Å². The van der Waals surface area contributed by atoms with Crippen LogP contribution >= 0.6 is 11.8 Å². The lowest BCUT2D eigenvalue weighted by atomic mass is 10.0. The van der Waals surface area contributed by atoms with Crippen LogP contribution in [-0.2, 0) is 14.2 Å². The molecule has 0 aromatic rings. The summed E-state index contributed by atoms with van der Waals surface area (Å²) < 4.78 is 17.6. The van der Waals surface area contributed by atoms with Gasteiger partial charge in [-0.05, 0) is 31.1 Å². The van der Waals surface area contributed by atoms with E-state index in [9.17, 15) is 0 Å². The van der Waals surface area contributed by atoms with Crippen molar-refractivity contribution in [2.45, 2.75) is 135 Å². The Morgan fingerprint density at radius 1 is 0.818 bits per heavy atom. The first-order valence-electron chi connectivity index (χ1n) is 14.3. The van der Waals surface area contributed by atoms with Crippen LogP contribution in [0.15, 0.2) is 11.6 Å². The molecule has 2 aliphatic rings. The lowest BCUT2D eigenvalue weighted by Gasteiger charge is -2.14. The van der Waals surface area contributed by atoms with Gasteiger partial charge in [0.1, 0.15) is 6.10 Å². The molecule has 1 fully saturated rings. The topological polar surface area (TPSA) is 30.9 Å². The molecule has 0 amide bonds. The van der Waals surface area contributed by atoms with E-state index in [4.69, 9.17) is 14.2 Å². The first-order valence-corrected chi connectivity index (χ1v) is 15.3. The maximum Gasteiger partial charge on any atom is 0.158 e. The molecule has 0 aromatic carbocycles. The number of rotatable bonds is 23. The van der Waals surface area contributed by atoms with Crippen LogP contribution in [-0.4, -0.2) is 49.5 Å². The van der Waals surface area contributed by atoms with Gasteiger partial charge < -0.3 is 19.1 Å². The monoisotopic (exact) mass is 483 g/mol. The summed E-state index contributed by atoms with van der Waals surface area (Å²) in [4.78, 5) is 2.36. The molecule has 0 aromatic heterocycles. The van der Waals surface area contributed by atoms with Gasteiger partial charge in [0.25, 0.3) is 0 Å². The van der Waals surface area contributed by atoms with Gasteiger partial charge in [-0.1, -0.05) is 96.8 Å². The molecule has 0 spiro atoms. The van der Waals surface area contributed by atoms with Crippen molar-refractivity contribution in [3.8, 4) is 0 Å². The summed E-state index contributed by atoms with van der Waals surface area (Å²) in [5.74, 6) is 1.11. The third-order valence-electron chi connectivity index (χ3n) is 6.75. The van der Waals surface area contributed by atoms with E-state index in [2.05, 4.69) is 23.4 Å². The fraction of sp³-hybridized carbons (Fsp3) is 0.929. The van der Waals surface area contributed by atoms with Gasteiger partial charge >= 0.3 is 0 Å². The van der Waals surface area contributed by atoms with Crippen molar-refractivity contribution in [1.82, 2.24) is 4.90 Å². The van der Waals surface area contributed by atoms with E-state index < -0.39 is 0 Å². The quantitative estimate of drug-likeness (QED) is 0.136. The summed E-state index contributed by atoms with van der Waals surface area (Å²) in [5, 5.41) is 2.17. The zero-order chi connectivity index (χ0) is 23.2. The summed E-state index contributed by atoms with van der Waals surface area (Å²) in [6, 6.07) is 0. The fourth-order valence-electron chi connectivity index (χ4n) is 4.61. The van der Waals surface area contributed by atoms with Gasteiger partial charge in [0, 0.05) is 19.4 Å².